The molecule has 0 spiro atoms. The van der Waals surface area contributed by atoms with Crippen LogP contribution in [0.15, 0.2) is 30.6 Å². The van der Waals surface area contributed by atoms with Crippen molar-refractivity contribution < 1.29 is 9.50 Å². The normalized spacial score (nSPS) is 12.7. The molecule has 1 unspecified atom stereocenters. The third-order valence-corrected chi connectivity index (χ3v) is 2.91. The van der Waals surface area contributed by atoms with Crippen molar-refractivity contribution in [2.24, 2.45) is 0 Å². The van der Waals surface area contributed by atoms with Gasteiger partial charge in [-0.1, -0.05) is 24.6 Å². The summed E-state index contributed by atoms with van der Waals surface area (Å²) in [5.74, 6) is -0.516. The fourth-order valence-corrected chi connectivity index (χ4v) is 1.93. The van der Waals surface area contributed by atoms with Gasteiger partial charge >= 0.3 is 0 Å². The van der Waals surface area contributed by atoms with E-state index in [0.717, 1.165) is 13.0 Å². The van der Waals surface area contributed by atoms with E-state index < -0.39 is 11.9 Å². The molecule has 0 amide bonds. The summed E-state index contributed by atoms with van der Waals surface area (Å²) < 4.78 is 15.4. The first-order chi connectivity index (χ1) is 8.61. The lowest BCUT2D eigenvalue weighted by atomic mass is 10.0. The van der Waals surface area contributed by atoms with Crippen molar-refractivity contribution >= 4 is 11.6 Å². The van der Waals surface area contributed by atoms with Gasteiger partial charge < -0.3 is 5.11 Å². The Morgan fingerprint density at radius 2 is 2.28 bits per heavy atom. The largest absolute Gasteiger partial charge is 0.383 e. The highest BCUT2D eigenvalue weighted by atomic mass is 35.5. The van der Waals surface area contributed by atoms with Crippen LogP contribution in [0, 0.1) is 5.82 Å². The van der Waals surface area contributed by atoms with Crippen molar-refractivity contribution in [3.63, 3.8) is 0 Å². The van der Waals surface area contributed by atoms with E-state index in [0.29, 0.717) is 10.6 Å². The Balaban J connectivity index is 2.26. The van der Waals surface area contributed by atoms with Gasteiger partial charge in [0.05, 0.1) is 6.20 Å². The highest BCUT2D eigenvalue weighted by Gasteiger charge is 2.16. The van der Waals surface area contributed by atoms with Crippen LogP contribution in [0.25, 0.3) is 0 Å². The summed E-state index contributed by atoms with van der Waals surface area (Å²) in [4.78, 5) is 0. The number of aliphatic hydroxyl groups is 1. The molecular weight excluding hydrogens is 255 g/mol. The van der Waals surface area contributed by atoms with E-state index in [-0.39, 0.29) is 5.56 Å². The lowest BCUT2D eigenvalue weighted by Gasteiger charge is -2.10. The quantitative estimate of drug-likeness (QED) is 0.925. The second-order valence-corrected chi connectivity index (χ2v) is 4.54. The summed E-state index contributed by atoms with van der Waals surface area (Å²) in [6.45, 7) is 2.81. The van der Waals surface area contributed by atoms with E-state index in [2.05, 4.69) is 5.10 Å². The number of hydrogen-bond donors (Lipinski definition) is 1. The lowest BCUT2D eigenvalue weighted by Crippen LogP contribution is -2.02. The van der Waals surface area contributed by atoms with Crippen LogP contribution in [0.2, 0.25) is 5.02 Å². The van der Waals surface area contributed by atoms with Gasteiger partial charge in [0.2, 0.25) is 0 Å². The average molecular weight is 269 g/mol. The van der Waals surface area contributed by atoms with E-state index in [4.69, 9.17) is 11.6 Å². The molecule has 0 saturated heterocycles. The number of nitrogens with zero attached hydrogens (tertiary/aromatic N) is 2. The maximum absolute atomic E-state index is 13.7. The van der Waals surface area contributed by atoms with Gasteiger partial charge in [0.1, 0.15) is 11.9 Å². The predicted molar refractivity (Wildman–Crippen MR) is 68.0 cm³/mol. The highest BCUT2D eigenvalue weighted by Crippen LogP contribution is 2.25. The number of aliphatic hydroxyl groups excluding tert-OH is 1. The van der Waals surface area contributed by atoms with Crippen LogP contribution in [0.4, 0.5) is 4.39 Å². The van der Waals surface area contributed by atoms with E-state index in [1.54, 1.807) is 23.1 Å². The average Bonchev–Trinajstić information content (AvgIpc) is 2.77. The molecular formula is C13H14ClFN2O. The molecule has 0 saturated carbocycles. The third kappa shape index (κ3) is 2.71. The molecule has 0 radical (unpaired) electrons. The Morgan fingerprint density at radius 1 is 1.50 bits per heavy atom. The summed E-state index contributed by atoms with van der Waals surface area (Å²) in [7, 11) is 0. The van der Waals surface area contributed by atoms with E-state index in [9.17, 15) is 9.50 Å². The van der Waals surface area contributed by atoms with Gasteiger partial charge in [-0.25, -0.2) is 4.39 Å². The molecule has 0 bridgehead atoms. The van der Waals surface area contributed by atoms with Crippen molar-refractivity contribution in [1.82, 2.24) is 9.78 Å². The molecule has 0 fully saturated rings. The number of rotatable bonds is 4. The van der Waals surface area contributed by atoms with Gasteiger partial charge in [-0.05, 0) is 18.6 Å². The summed E-state index contributed by atoms with van der Waals surface area (Å²) in [6, 6.07) is 4.23. The molecule has 1 heterocycles. The van der Waals surface area contributed by atoms with Gasteiger partial charge in [-0.3, -0.25) is 4.68 Å². The molecule has 96 valence electrons. The highest BCUT2D eigenvalue weighted by molar-refractivity contribution is 6.30. The van der Waals surface area contributed by atoms with Crippen molar-refractivity contribution in [2.45, 2.75) is 26.0 Å². The summed E-state index contributed by atoms with van der Waals surface area (Å²) in [6.07, 6.45) is 3.20. The molecule has 0 aliphatic heterocycles. The zero-order chi connectivity index (χ0) is 13.1. The molecule has 5 heteroatoms. The SMILES string of the molecule is CCCn1cc(C(O)c2ccc(Cl)cc2F)cn1. The molecule has 1 N–H and O–H groups in total. The van der Waals surface area contributed by atoms with Crippen molar-refractivity contribution in [3.05, 3.63) is 52.6 Å². The van der Waals surface area contributed by atoms with Crippen LogP contribution in [0.5, 0.6) is 0 Å². The van der Waals surface area contributed by atoms with E-state index in [1.165, 1.54) is 12.1 Å². The van der Waals surface area contributed by atoms with Gasteiger partial charge in [-0.15, -0.1) is 0 Å². The maximum atomic E-state index is 13.7. The van der Waals surface area contributed by atoms with Crippen molar-refractivity contribution in [2.75, 3.05) is 0 Å². The molecule has 18 heavy (non-hydrogen) atoms. The Hall–Kier alpha value is -1.39. The molecule has 1 aromatic heterocycles. The lowest BCUT2D eigenvalue weighted by molar-refractivity contribution is 0.215. The summed E-state index contributed by atoms with van der Waals surface area (Å²) in [5, 5.41) is 14.5. The molecule has 2 aromatic rings. The Kier molecular flexibility index (Phi) is 3.99. The van der Waals surface area contributed by atoms with Gasteiger partial charge in [0.15, 0.2) is 0 Å². The standard InChI is InChI=1S/C13H14ClFN2O/c1-2-5-17-8-9(7-16-17)13(18)11-4-3-10(14)6-12(11)15/h3-4,6-8,13,18H,2,5H2,1H3. The first kappa shape index (κ1) is 13.1. The zero-order valence-corrected chi connectivity index (χ0v) is 10.7. The van der Waals surface area contributed by atoms with Crippen molar-refractivity contribution in [3.8, 4) is 0 Å². The minimum absolute atomic E-state index is 0.204. The number of halogens is 2. The molecule has 0 aliphatic carbocycles. The first-order valence-electron chi connectivity index (χ1n) is 5.77. The minimum Gasteiger partial charge on any atom is -0.383 e. The molecule has 0 aliphatic rings. The van der Waals surface area contributed by atoms with Crippen LogP contribution in [0.1, 0.15) is 30.6 Å². The van der Waals surface area contributed by atoms with Crippen LogP contribution in [0.3, 0.4) is 0 Å². The molecule has 1 atom stereocenters. The first-order valence-corrected chi connectivity index (χ1v) is 6.15. The molecule has 2 rings (SSSR count). The second kappa shape index (κ2) is 5.50. The predicted octanol–water partition coefficient (Wildman–Crippen LogP) is 3.17. The van der Waals surface area contributed by atoms with Gasteiger partial charge in [0, 0.05) is 28.9 Å². The van der Waals surface area contributed by atoms with Crippen molar-refractivity contribution in [1.29, 1.82) is 0 Å². The number of benzene rings is 1. The second-order valence-electron chi connectivity index (χ2n) is 4.11. The van der Waals surface area contributed by atoms with Crippen LogP contribution >= 0.6 is 11.6 Å². The van der Waals surface area contributed by atoms with Crippen LogP contribution in [-0.4, -0.2) is 14.9 Å². The smallest absolute Gasteiger partial charge is 0.130 e. The fraction of sp³-hybridized carbons (Fsp3) is 0.308. The zero-order valence-electron chi connectivity index (χ0n) is 9.98. The van der Waals surface area contributed by atoms with E-state index in [1.807, 2.05) is 6.92 Å². The van der Waals surface area contributed by atoms with Gasteiger partial charge in [0.25, 0.3) is 0 Å². The maximum Gasteiger partial charge on any atom is 0.130 e. The summed E-state index contributed by atoms with van der Waals surface area (Å²) >= 11 is 5.67. The van der Waals surface area contributed by atoms with Gasteiger partial charge in [-0.2, -0.15) is 5.10 Å². The number of hydrogen-bond acceptors (Lipinski definition) is 2. The Bertz CT molecular complexity index is 542. The third-order valence-electron chi connectivity index (χ3n) is 2.68. The molecule has 3 nitrogen and oxygen atoms in total. The number of aromatic nitrogens is 2. The number of aryl methyl sites for hydroxylation is 1. The molecule has 1 aromatic carbocycles. The Labute approximate surface area is 110 Å². The monoisotopic (exact) mass is 268 g/mol. The fourth-order valence-electron chi connectivity index (χ4n) is 1.77. The van der Waals surface area contributed by atoms with Crippen LogP contribution < -0.4 is 0 Å². The minimum atomic E-state index is -1.02. The van der Waals surface area contributed by atoms with Crippen LogP contribution in [-0.2, 0) is 6.54 Å². The summed E-state index contributed by atoms with van der Waals surface area (Å²) in [5.41, 5.74) is 0.778. The van der Waals surface area contributed by atoms with E-state index >= 15 is 0 Å². The topological polar surface area (TPSA) is 38.0 Å². The Morgan fingerprint density at radius 3 is 2.94 bits per heavy atom.